The number of carboxylic acid groups (broad SMARTS) is 1. The Morgan fingerprint density at radius 3 is 2.75 bits per heavy atom. The molecule has 0 saturated carbocycles. The standard InChI is InChI=1S/C16H19BN3O7S/c18-16-19-10(7-28-16)14(21)20-5-9(6-20)26-11-2-1-8-3-4-17(24,25)27-13(8)12(11)15(22)23/h1-2,9-10,24-25H,3-7H2,(H2,18,19)(H,22,23)/q-1. The number of carbonyl (C=O) groups excluding carboxylic acids is 1. The number of aryl methyl sites for hydroxylation is 1. The number of hydrogen-bond acceptors (Lipinski definition) is 9. The third-order valence-corrected chi connectivity index (χ3v) is 5.81. The maximum absolute atomic E-state index is 12.3. The molecule has 150 valence electrons. The van der Waals surface area contributed by atoms with Crippen LogP contribution < -0.4 is 15.1 Å². The largest absolute Gasteiger partial charge is 0.669 e. The molecule has 0 aromatic heterocycles. The predicted molar refractivity (Wildman–Crippen MR) is 102 cm³/mol. The van der Waals surface area contributed by atoms with Gasteiger partial charge in [0.1, 0.15) is 23.5 Å². The number of carboxylic acids is 1. The Morgan fingerprint density at radius 1 is 1.36 bits per heavy atom. The van der Waals surface area contributed by atoms with E-state index in [9.17, 15) is 24.7 Å². The van der Waals surface area contributed by atoms with E-state index in [1.807, 2.05) is 0 Å². The third-order valence-electron chi connectivity index (χ3n) is 4.92. The van der Waals surface area contributed by atoms with Crippen LogP contribution in [0, 0.1) is 0 Å². The number of nitrogens with zero attached hydrogens (tertiary/aromatic N) is 2. The molecule has 0 aliphatic carbocycles. The number of rotatable bonds is 4. The van der Waals surface area contributed by atoms with Crippen LogP contribution in [0.15, 0.2) is 17.1 Å². The molecule has 3 aliphatic heterocycles. The summed E-state index contributed by atoms with van der Waals surface area (Å²) in [6.45, 7) is -2.48. The number of hydrogen-bond donors (Lipinski definition) is 4. The van der Waals surface area contributed by atoms with Gasteiger partial charge in [-0.2, -0.15) is 0 Å². The molecular formula is C16H19BN3O7S-. The first-order valence-electron chi connectivity index (χ1n) is 8.83. The number of aliphatic imine (C=N–C) groups is 1. The highest BCUT2D eigenvalue weighted by Crippen LogP contribution is 2.39. The highest BCUT2D eigenvalue weighted by molar-refractivity contribution is 8.14. The molecule has 1 aromatic rings. The minimum absolute atomic E-state index is 0.00158. The molecule has 10 nitrogen and oxygen atoms in total. The average Bonchev–Trinajstić information content (AvgIpc) is 3.02. The van der Waals surface area contributed by atoms with Crippen molar-refractivity contribution in [3.63, 3.8) is 0 Å². The summed E-state index contributed by atoms with van der Waals surface area (Å²) in [7, 11) is 0. The summed E-state index contributed by atoms with van der Waals surface area (Å²) in [6, 6.07) is 2.70. The van der Waals surface area contributed by atoms with E-state index in [4.69, 9.17) is 15.1 Å². The van der Waals surface area contributed by atoms with Crippen molar-refractivity contribution in [3.05, 3.63) is 23.3 Å². The maximum Gasteiger partial charge on any atom is 0.430 e. The molecule has 1 saturated heterocycles. The van der Waals surface area contributed by atoms with E-state index >= 15 is 0 Å². The zero-order valence-corrected chi connectivity index (χ0v) is 15.6. The lowest BCUT2D eigenvalue weighted by atomic mass is 9.70. The van der Waals surface area contributed by atoms with Crippen LogP contribution >= 0.6 is 11.8 Å². The van der Waals surface area contributed by atoms with Crippen LogP contribution in [0.2, 0.25) is 6.32 Å². The minimum Gasteiger partial charge on any atom is -0.669 e. The fourth-order valence-electron chi connectivity index (χ4n) is 3.43. The lowest BCUT2D eigenvalue weighted by molar-refractivity contribution is -0.140. The second-order valence-electron chi connectivity index (χ2n) is 7.02. The molecule has 3 aliphatic rings. The fraction of sp³-hybridized carbons (Fsp3) is 0.438. The summed E-state index contributed by atoms with van der Waals surface area (Å²) in [6.07, 6.45) is -0.0895. The first-order valence-corrected chi connectivity index (χ1v) is 9.82. The zero-order valence-electron chi connectivity index (χ0n) is 14.8. The number of amides is 1. The van der Waals surface area contributed by atoms with Crippen molar-refractivity contribution in [2.45, 2.75) is 24.9 Å². The number of thioether (sulfide) groups is 1. The summed E-state index contributed by atoms with van der Waals surface area (Å²) in [5, 5.41) is 29.5. The van der Waals surface area contributed by atoms with Crippen molar-refractivity contribution < 1.29 is 34.1 Å². The number of amidine groups is 1. The number of carbonyl (C=O) groups is 2. The van der Waals surface area contributed by atoms with Gasteiger partial charge in [0.2, 0.25) is 5.91 Å². The van der Waals surface area contributed by atoms with Gasteiger partial charge in [-0.15, -0.1) is 0 Å². The van der Waals surface area contributed by atoms with E-state index < -0.39 is 18.8 Å². The number of nitrogens with two attached hydrogens (primary N) is 1. The van der Waals surface area contributed by atoms with E-state index in [0.717, 1.165) is 0 Å². The van der Waals surface area contributed by atoms with Gasteiger partial charge in [-0.05, 0) is 18.1 Å². The summed E-state index contributed by atoms with van der Waals surface area (Å²) < 4.78 is 10.9. The summed E-state index contributed by atoms with van der Waals surface area (Å²) in [5.74, 6) is -0.922. The van der Waals surface area contributed by atoms with Gasteiger partial charge in [0.25, 0.3) is 0 Å². The van der Waals surface area contributed by atoms with Crippen LogP contribution in [0.4, 0.5) is 0 Å². The van der Waals surface area contributed by atoms with Gasteiger partial charge < -0.3 is 35.2 Å². The second kappa shape index (κ2) is 6.87. The van der Waals surface area contributed by atoms with Gasteiger partial charge in [-0.25, -0.2) is 9.79 Å². The van der Waals surface area contributed by atoms with Gasteiger partial charge in [-0.3, -0.25) is 4.79 Å². The normalized spacial score (nSPS) is 23.3. The topological polar surface area (TPSA) is 155 Å². The highest BCUT2D eigenvalue weighted by Gasteiger charge is 2.39. The van der Waals surface area contributed by atoms with E-state index in [1.54, 1.807) is 11.0 Å². The van der Waals surface area contributed by atoms with Crippen LogP contribution in [-0.2, 0) is 11.2 Å². The van der Waals surface area contributed by atoms with Gasteiger partial charge >= 0.3 is 12.7 Å². The Bertz CT molecular complexity index is 872. The number of fused-ring (bicyclic) bond motifs is 1. The third kappa shape index (κ3) is 3.50. The van der Waals surface area contributed by atoms with E-state index in [-0.39, 0.29) is 41.8 Å². The van der Waals surface area contributed by atoms with Crippen LogP contribution in [0.1, 0.15) is 15.9 Å². The van der Waals surface area contributed by atoms with Crippen LogP contribution in [0.3, 0.4) is 0 Å². The lowest BCUT2D eigenvalue weighted by Gasteiger charge is -2.41. The molecule has 1 fully saturated rings. The Labute approximate surface area is 164 Å². The number of likely N-dealkylation sites (tertiary alicyclic amines) is 1. The molecule has 28 heavy (non-hydrogen) atoms. The van der Waals surface area contributed by atoms with Crippen molar-refractivity contribution in [2.75, 3.05) is 18.8 Å². The molecule has 0 radical (unpaired) electrons. The SMILES string of the molecule is NC1=NC(C(=O)N2CC(Oc3ccc4c(c3C(=O)O)O[B-](O)(O)CC4)C2)CS1. The van der Waals surface area contributed by atoms with E-state index in [0.29, 0.717) is 29.6 Å². The minimum atomic E-state index is -3.09. The van der Waals surface area contributed by atoms with E-state index in [1.165, 1.54) is 17.8 Å². The van der Waals surface area contributed by atoms with Gasteiger partial charge in [0, 0.05) is 5.75 Å². The fourth-order valence-corrected chi connectivity index (χ4v) is 4.18. The Hall–Kier alpha value is -2.44. The molecule has 1 aromatic carbocycles. The average molecular weight is 408 g/mol. The van der Waals surface area contributed by atoms with Gasteiger partial charge in [0.05, 0.1) is 18.8 Å². The Balaban J connectivity index is 1.46. The first-order chi connectivity index (χ1) is 13.2. The van der Waals surface area contributed by atoms with Crippen LogP contribution in [0.25, 0.3) is 0 Å². The maximum atomic E-state index is 12.3. The van der Waals surface area contributed by atoms with Crippen molar-refractivity contribution in [3.8, 4) is 11.5 Å². The number of benzene rings is 1. The lowest BCUT2D eigenvalue weighted by Crippen LogP contribution is -2.58. The molecule has 0 bridgehead atoms. The van der Waals surface area contributed by atoms with Crippen LogP contribution in [-0.4, -0.2) is 74.8 Å². The van der Waals surface area contributed by atoms with Crippen molar-refractivity contribution in [2.24, 2.45) is 10.7 Å². The van der Waals surface area contributed by atoms with Crippen LogP contribution in [0.5, 0.6) is 11.5 Å². The molecule has 3 heterocycles. The Morgan fingerprint density at radius 2 is 2.11 bits per heavy atom. The monoisotopic (exact) mass is 408 g/mol. The molecule has 5 N–H and O–H groups in total. The van der Waals surface area contributed by atoms with E-state index in [2.05, 4.69) is 4.99 Å². The predicted octanol–water partition coefficient (Wildman–Crippen LogP) is -0.737. The number of ether oxygens (including phenoxy) is 1. The summed E-state index contributed by atoms with van der Waals surface area (Å²) in [5.41, 5.74) is 5.91. The Kier molecular flexibility index (Phi) is 4.64. The molecule has 1 atom stereocenters. The smallest absolute Gasteiger partial charge is 0.430 e. The molecule has 12 heteroatoms. The quantitative estimate of drug-likeness (QED) is 0.472. The molecular weight excluding hydrogens is 389 g/mol. The van der Waals surface area contributed by atoms with Crippen molar-refractivity contribution in [1.82, 2.24) is 4.90 Å². The summed E-state index contributed by atoms with van der Waals surface area (Å²) in [4.78, 5) is 29.8. The molecule has 4 rings (SSSR count). The zero-order chi connectivity index (χ0) is 20.1. The molecule has 1 unspecified atom stereocenters. The first kappa shape index (κ1) is 18.9. The summed E-state index contributed by atoms with van der Waals surface area (Å²) >= 11 is 1.34. The molecule has 0 spiro atoms. The highest BCUT2D eigenvalue weighted by atomic mass is 32.2. The van der Waals surface area contributed by atoms with Gasteiger partial charge in [-0.1, -0.05) is 24.1 Å². The molecule has 1 amide bonds. The van der Waals surface area contributed by atoms with Crippen molar-refractivity contribution in [1.29, 1.82) is 0 Å². The number of aromatic carboxylic acids is 1. The second-order valence-corrected chi connectivity index (χ2v) is 8.06. The van der Waals surface area contributed by atoms with Gasteiger partial charge in [0.15, 0.2) is 5.17 Å². The van der Waals surface area contributed by atoms with Crippen molar-refractivity contribution >= 4 is 35.6 Å².